The summed E-state index contributed by atoms with van der Waals surface area (Å²) in [6.45, 7) is 3.06. The molecule has 8 heavy (non-hydrogen) atoms. The van der Waals surface area contributed by atoms with Crippen LogP contribution in [0.1, 0.15) is 0 Å². The molecule has 2 heteroatoms. The van der Waals surface area contributed by atoms with Crippen LogP contribution in [0.2, 0.25) is 0 Å². The fourth-order valence-corrected chi connectivity index (χ4v) is 0.209. The molecule has 1 atom stereocenters. The Morgan fingerprint density at radius 2 is 2.38 bits per heavy atom. The molecule has 0 bridgehead atoms. The van der Waals surface area contributed by atoms with E-state index in [1.165, 1.54) is 6.08 Å². The van der Waals surface area contributed by atoms with E-state index in [9.17, 15) is 0 Å². The van der Waals surface area contributed by atoms with Crippen molar-refractivity contribution in [2.24, 2.45) is 0 Å². The fraction of sp³-hybridized carbons (Fsp3) is 0.333. The summed E-state index contributed by atoms with van der Waals surface area (Å²) >= 11 is 0. The molecule has 0 rings (SSSR count). The molecule has 0 saturated carbocycles. The van der Waals surface area contributed by atoms with Gasteiger partial charge in [-0.3, -0.25) is 0 Å². The SMILES string of the molecule is C=CC(O)C#CCO. The first-order valence-corrected chi connectivity index (χ1v) is 2.21. The van der Waals surface area contributed by atoms with E-state index in [1.807, 2.05) is 0 Å². The summed E-state index contributed by atoms with van der Waals surface area (Å²) in [7, 11) is 0. The van der Waals surface area contributed by atoms with Gasteiger partial charge in [0.05, 0.1) is 0 Å². The number of aliphatic hydroxyl groups is 2. The third-order valence-corrected chi connectivity index (χ3v) is 0.552. The highest BCUT2D eigenvalue weighted by atomic mass is 16.3. The average molecular weight is 112 g/mol. The second-order valence-corrected chi connectivity index (χ2v) is 1.16. The maximum atomic E-state index is 8.59. The van der Waals surface area contributed by atoms with Gasteiger partial charge in [0.25, 0.3) is 0 Å². The van der Waals surface area contributed by atoms with E-state index in [1.54, 1.807) is 0 Å². The predicted molar refractivity (Wildman–Crippen MR) is 31.1 cm³/mol. The van der Waals surface area contributed by atoms with Crippen molar-refractivity contribution < 1.29 is 10.2 Å². The van der Waals surface area contributed by atoms with Gasteiger partial charge in [0.2, 0.25) is 0 Å². The van der Waals surface area contributed by atoms with Gasteiger partial charge < -0.3 is 10.2 Å². The van der Waals surface area contributed by atoms with Crippen molar-refractivity contribution in [1.82, 2.24) is 0 Å². The lowest BCUT2D eigenvalue weighted by Gasteiger charge is -1.87. The molecule has 0 aliphatic carbocycles. The van der Waals surface area contributed by atoms with Gasteiger partial charge in [0.15, 0.2) is 0 Å². The molecule has 0 aromatic rings. The average Bonchev–Trinajstić information content (AvgIpc) is 1.83. The first kappa shape index (κ1) is 7.22. The highest BCUT2D eigenvalue weighted by molar-refractivity contribution is 5.10. The monoisotopic (exact) mass is 112 g/mol. The number of hydrogen-bond donors (Lipinski definition) is 2. The molecule has 0 aliphatic heterocycles. The molecule has 0 aromatic carbocycles. The van der Waals surface area contributed by atoms with Crippen LogP contribution in [0.25, 0.3) is 0 Å². The van der Waals surface area contributed by atoms with Crippen LogP contribution < -0.4 is 0 Å². The van der Waals surface area contributed by atoms with Crippen LogP contribution in [-0.2, 0) is 0 Å². The molecular weight excluding hydrogens is 104 g/mol. The largest absolute Gasteiger partial charge is 0.384 e. The lowest BCUT2D eigenvalue weighted by atomic mass is 10.3. The normalized spacial score (nSPS) is 11.2. The maximum Gasteiger partial charge on any atom is 0.133 e. The molecular formula is C6H8O2. The van der Waals surface area contributed by atoms with Crippen molar-refractivity contribution in [1.29, 1.82) is 0 Å². The van der Waals surface area contributed by atoms with E-state index in [2.05, 4.69) is 18.4 Å². The van der Waals surface area contributed by atoms with Crippen LogP contribution in [-0.4, -0.2) is 22.9 Å². The number of hydrogen-bond acceptors (Lipinski definition) is 2. The summed E-state index contributed by atoms with van der Waals surface area (Å²) in [5.74, 6) is 4.60. The summed E-state index contributed by atoms with van der Waals surface area (Å²) in [4.78, 5) is 0. The molecule has 0 fully saturated rings. The Morgan fingerprint density at radius 1 is 1.75 bits per heavy atom. The van der Waals surface area contributed by atoms with Gasteiger partial charge in [-0.2, -0.15) is 0 Å². The standard InChI is InChI=1S/C6H8O2/c1-2-6(8)4-3-5-7/h2,6-8H,1,5H2. The minimum absolute atomic E-state index is 0.217. The molecule has 1 unspecified atom stereocenters. The van der Waals surface area contributed by atoms with Crippen LogP contribution >= 0.6 is 0 Å². The van der Waals surface area contributed by atoms with Gasteiger partial charge in [-0.25, -0.2) is 0 Å². The summed E-state index contributed by atoms with van der Waals surface area (Å²) in [6, 6.07) is 0. The maximum absolute atomic E-state index is 8.59. The minimum Gasteiger partial charge on any atom is -0.384 e. The first-order chi connectivity index (χ1) is 3.81. The Labute approximate surface area is 48.5 Å². The van der Waals surface area contributed by atoms with E-state index >= 15 is 0 Å². The topological polar surface area (TPSA) is 40.5 Å². The third kappa shape index (κ3) is 3.41. The van der Waals surface area contributed by atoms with Crippen molar-refractivity contribution in [2.45, 2.75) is 6.10 Å². The van der Waals surface area contributed by atoms with E-state index < -0.39 is 6.10 Å². The third-order valence-electron chi connectivity index (χ3n) is 0.552. The van der Waals surface area contributed by atoms with Gasteiger partial charge in [-0.05, 0) is 0 Å². The summed E-state index contributed by atoms with van der Waals surface area (Å²) in [5, 5.41) is 16.7. The van der Waals surface area contributed by atoms with Crippen molar-refractivity contribution in [2.75, 3.05) is 6.61 Å². The van der Waals surface area contributed by atoms with Crippen molar-refractivity contribution >= 4 is 0 Å². The van der Waals surface area contributed by atoms with Crippen molar-refractivity contribution in [3.05, 3.63) is 12.7 Å². The van der Waals surface area contributed by atoms with Crippen molar-refractivity contribution in [3.63, 3.8) is 0 Å². The number of aliphatic hydroxyl groups excluding tert-OH is 2. The molecule has 0 amide bonds. The lowest BCUT2D eigenvalue weighted by molar-refractivity contribution is 0.280. The molecule has 44 valence electrons. The van der Waals surface area contributed by atoms with Crippen LogP contribution in [0, 0.1) is 11.8 Å². The Kier molecular flexibility index (Phi) is 3.95. The molecule has 0 saturated heterocycles. The van der Waals surface area contributed by atoms with Crippen LogP contribution in [0.15, 0.2) is 12.7 Å². The predicted octanol–water partition coefficient (Wildman–Crippen LogP) is -0.471. The second kappa shape index (κ2) is 4.38. The first-order valence-electron chi connectivity index (χ1n) is 2.21. The summed E-state index contributed by atoms with van der Waals surface area (Å²) in [5.41, 5.74) is 0. The molecule has 0 spiro atoms. The molecule has 0 heterocycles. The highest BCUT2D eigenvalue weighted by Gasteiger charge is 1.83. The lowest BCUT2D eigenvalue weighted by Crippen LogP contribution is -1.95. The molecule has 2 N–H and O–H groups in total. The Bertz CT molecular complexity index is 118. The number of rotatable bonds is 1. The van der Waals surface area contributed by atoms with Gasteiger partial charge in [0.1, 0.15) is 12.7 Å². The van der Waals surface area contributed by atoms with Crippen LogP contribution in [0.4, 0.5) is 0 Å². The zero-order chi connectivity index (χ0) is 6.41. The van der Waals surface area contributed by atoms with Crippen LogP contribution in [0.5, 0.6) is 0 Å². The Hall–Kier alpha value is -0.780. The Balaban J connectivity index is 3.50. The summed E-state index contributed by atoms with van der Waals surface area (Å²) in [6.07, 6.45) is 0.491. The van der Waals surface area contributed by atoms with Gasteiger partial charge >= 0.3 is 0 Å². The highest BCUT2D eigenvalue weighted by Crippen LogP contribution is 1.76. The molecule has 2 nitrogen and oxygen atoms in total. The van der Waals surface area contributed by atoms with Crippen LogP contribution in [0.3, 0.4) is 0 Å². The minimum atomic E-state index is -0.804. The fourth-order valence-electron chi connectivity index (χ4n) is 0.209. The molecule has 0 radical (unpaired) electrons. The molecule has 0 aliphatic rings. The van der Waals surface area contributed by atoms with Crippen molar-refractivity contribution in [3.8, 4) is 11.8 Å². The smallest absolute Gasteiger partial charge is 0.133 e. The van der Waals surface area contributed by atoms with E-state index in [-0.39, 0.29) is 6.61 Å². The van der Waals surface area contributed by atoms with Gasteiger partial charge in [0, 0.05) is 0 Å². The second-order valence-electron chi connectivity index (χ2n) is 1.16. The zero-order valence-corrected chi connectivity index (χ0v) is 4.46. The van der Waals surface area contributed by atoms with Gasteiger partial charge in [-0.15, -0.1) is 0 Å². The zero-order valence-electron chi connectivity index (χ0n) is 4.46. The van der Waals surface area contributed by atoms with E-state index in [4.69, 9.17) is 10.2 Å². The molecule has 0 aromatic heterocycles. The van der Waals surface area contributed by atoms with E-state index in [0.717, 1.165) is 0 Å². The summed E-state index contributed by atoms with van der Waals surface area (Å²) < 4.78 is 0. The quantitative estimate of drug-likeness (QED) is 0.355. The Morgan fingerprint density at radius 3 is 2.75 bits per heavy atom. The van der Waals surface area contributed by atoms with Gasteiger partial charge in [-0.1, -0.05) is 24.5 Å². The van der Waals surface area contributed by atoms with E-state index in [0.29, 0.717) is 0 Å².